The summed E-state index contributed by atoms with van der Waals surface area (Å²) < 4.78 is 8.48. The zero-order chi connectivity index (χ0) is 25.4. The van der Waals surface area contributed by atoms with Crippen LogP contribution in [0.1, 0.15) is 60.4 Å². The van der Waals surface area contributed by atoms with Gasteiger partial charge < -0.3 is 19.5 Å². The number of hydrogen-bond donors (Lipinski definition) is 1. The maximum absolute atomic E-state index is 6.22. The fourth-order valence-corrected chi connectivity index (χ4v) is 6.15. The van der Waals surface area contributed by atoms with E-state index in [4.69, 9.17) is 21.9 Å². The third kappa shape index (κ3) is 4.48. The van der Waals surface area contributed by atoms with Gasteiger partial charge in [-0.3, -0.25) is 9.97 Å². The quantitative estimate of drug-likeness (QED) is 0.304. The van der Waals surface area contributed by atoms with Crippen molar-refractivity contribution in [3.8, 4) is 11.4 Å². The van der Waals surface area contributed by atoms with Gasteiger partial charge in [-0.1, -0.05) is 6.07 Å². The lowest BCUT2D eigenvalue weighted by Gasteiger charge is -2.28. The number of benzene rings is 1. The molecule has 1 aliphatic heterocycles. The highest BCUT2D eigenvalue weighted by atomic mass is 32.1. The van der Waals surface area contributed by atoms with Gasteiger partial charge in [-0.15, -0.1) is 0 Å². The van der Waals surface area contributed by atoms with Crippen LogP contribution in [0.15, 0.2) is 79.3 Å². The third-order valence-electron chi connectivity index (χ3n) is 7.51. The summed E-state index contributed by atoms with van der Waals surface area (Å²) in [6.45, 7) is 4.31. The number of rotatable bonds is 6. The molecule has 0 spiro atoms. The molecule has 188 valence electrons. The molecule has 1 N–H and O–H groups in total. The van der Waals surface area contributed by atoms with E-state index in [9.17, 15) is 0 Å². The zero-order valence-electron chi connectivity index (χ0n) is 21.2. The molecule has 2 aliphatic rings. The van der Waals surface area contributed by atoms with E-state index in [0.717, 1.165) is 47.0 Å². The summed E-state index contributed by atoms with van der Waals surface area (Å²) in [5.74, 6) is 0.918. The number of anilines is 1. The molecule has 4 aromatic rings. The van der Waals surface area contributed by atoms with Gasteiger partial charge in [0, 0.05) is 29.5 Å². The van der Waals surface area contributed by atoms with E-state index < -0.39 is 0 Å². The van der Waals surface area contributed by atoms with Crippen LogP contribution in [0.2, 0.25) is 0 Å². The Hall–Kier alpha value is -3.71. The second-order valence-corrected chi connectivity index (χ2v) is 10.3. The first-order valence-electron chi connectivity index (χ1n) is 13.0. The number of aromatic nitrogens is 3. The van der Waals surface area contributed by atoms with Gasteiger partial charge in [-0.25, -0.2) is 0 Å². The van der Waals surface area contributed by atoms with Crippen molar-refractivity contribution in [1.29, 1.82) is 0 Å². The number of hydrogen-bond acceptors (Lipinski definition) is 4. The Morgan fingerprint density at radius 3 is 2.46 bits per heavy atom. The minimum atomic E-state index is -0.0917. The Morgan fingerprint density at radius 2 is 1.76 bits per heavy atom. The van der Waals surface area contributed by atoms with Crippen molar-refractivity contribution in [2.75, 3.05) is 4.90 Å². The van der Waals surface area contributed by atoms with Gasteiger partial charge in [0.2, 0.25) is 0 Å². The molecule has 6 rings (SSSR count). The maximum Gasteiger partial charge on any atom is 0.174 e. The number of aryl methyl sites for hydroxylation is 1. The lowest BCUT2D eigenvalue weighted by atomic mass is 9.96. The average Bonchev–Trinajstić information content (AvgIpc) is 3.63. The predicted molar refractivity (Wildman–Crippen MR) is 150 cm³/mol. The summed E-state index contributed by atoms with van der Waals surface area (Å²) >= 11 is 5.94. The summed E-state index contributed by atoms with van der Waals surface area (Å²) in [6, 6.07) is 20.6. The molecule has 2 atom stereocenters. The van der Waals surface area contributed by atoms with Crippen molar-refractivity contribution in [2.24, 2.45) is 0 Å². The SMILES string of the molecule is Cc1cc(C2C(c3ccccn3)NC(=S)N2c2ccc(OC3CCCC3)cc2)c(C)n1-c1cccnc1. The molecule has 1 saturated heterocycles. The molecule has 0 radical (unpaired) electrons. The molecular formula is C30H31N5OS. The fraction of sp³-hybridized carbons (Fsp3) is 0.300. The molecule has 4 heterocycles. The van der Waals surface area contributed by atoms with Crippen LogP contribution in [0, 0.1) is 13.8 Å². The number of nitrogens with zero attached hydrogens (tertiary/aromatic N) is 4. The Balaban J connectivity index is 1.41. The summed E-state index contributed by atoms with van der Waals surface area (Å²) in [5, 5.41) is 4.27. The normalized spacial score (nSPS) is 19.8. The minimum Gasteiger partial charge on any atom is -0.490 e. The zero-order valence-corrected chi connectivity index (χ0v) is 22.0. The Kier molecular flexibility index (Phi) is 6.38. The van der Waals surface area contributed by atoms with Gasteiger partial charge in [-0.05, 0) is 112 Å². The van der Waals surface area contributed by atoms with Gasteiger partial charge in [0.15, 0.2) is 5.11 Å². The molecule has 2 fully saturated rings. The van der Waals surface area contributed by atoms with Crippen molar-refractivity contribution in [3.63, 3.8) is 0 Å². The Labute approximate surface area is 223 Å². The van der Waals surface area contributed by atoms with Crippen molar-refractivity contribution in [2.45, 2.75) is 57.7 Å². The maximum atomic E-state index is 6.22. The number of pyridine rings is 2. The van der Waals surface area contributed by atoms with Crippen molar-refractivity contribution >= 4 is 23.0 Å². The van der Waals surface area contributed by atoms with E-state index in [0.29, 0.717) is 11.2 Å². The lowest BCUT2D eigenvalue weighted by molar-refractivity contribution is 0.210. The van der Waals surface area contributed by atoms with Crippen molar-refractivity contribution < 1.29 is 4.74 Å². The van der Waals surface area contributed by atoms with Crippen molar-refractivity contribution in [3.05, 3.63) is 102 Å². The molecule has 7 heteroatoms. The van der Waals surface area contributed by atoms with Gasteiger partial charge >= 0.3 is 0 Å². The Morgan fingerprint density at radius 1 is 0.946 bits per heavy atom. The lowest BCUT2D eigenvalue weighted by Crippen LogP contribution is -2.29. The van der Waals surface area contributed by atoms with Crippen LogP contribution >= 0.6 is 12.2 Å². The van der Waals surface area contributed by atoms with Crippen LogP contribution in [0.4, 0.5) is 5.69 Å². The summed E-state index contributed by atoms with van der Waals surface area (Å²) in [6.07, 6.45) is 10.7. The van der Waals surface area contributed by atoms with E-state index in [1.807, 2.05) is 30.6 Å². The van der Waals surface area contributed by atoms with Gasteiger partial charge in [0.05, 0.1) is 35.8 Å². The van der Waals surface area contributed by atoms with E-state index in [-0.39, 0.29) is 12.1 Å². The van der Waals surface area contributed by atoms with Gasteiger partial charge in [0.25, 0.3) is 0 Å². The molecule has 2 unspecified atom stereocenters. The highest BCUT2D eigenvalue weighted by Gasteiger charge is 2.42. The standard InChI is InChI=1S/C30H31N5OS/c1-20-18-26(21(2)34(20)23-8-7-16-31-19-23)29-28(27-11-5-6-17-32-27)33-30(37)35(29)22-12-14-25(15-13-22)36-24-9-3-4-10-24/h5-8,11-19,24,28-29H,3-4,9-10H2,1-2H3,(H,33,37). The molecular weight excluding hydrogens is 478 g/mol. The first-order chi connectivity index (χ1) is 18.1. The predicted octanol–water partition coefficient (Wildman–Crippen LogP) is 6.38. The second-order valence-electron chi connectivity index (χ2n) is 9.89. The molecule has 1 saturated carbocycles. The highest BCUT2D eigenvalue weighted by Crippen LogP contribution is 2.44. The van der Waals surface area contributed by atoms with Crippen LogP contribution < -0.4 is 15.0 Å². The van der Waals surface area contributed by atoms with E-state index >= 15 is 0 Å². The van der Waals surface area contributed by atoms with Crippen LogP contribution in [0.5, 0.6) is 5.75 Å². The van der Waals surface area contributed by atoms with Crippen LogP contribution in [-0.4, -0.2) is 25.8 Å². The molecule has 0 bridgehead atoms. The number of nitrogens with one attached hydrogen (secondary N) is 1. The number of ether oxygens (including phenoxy) is 1. The summed E-state index contributed by atoms with van der Waals surface area (Å²) in [5.41, 5.74) is 6.56. The van der Waals surface area contributed by atoms with E-state index in [1.165, 1.54) is 18.4 Å². The fourth-order valence-electron chi connectivity index (χ4n) is 5.80. The molecule has 3 aromatic heterocycles. The molecule has 37 heavy (non-hydrogen) atoms. The first-order valence-corrected chi connectivity index (χ1v) is 13.4. The minimum absolute atomic E-state index is 0.0689. The largest absolute Gasteiger partial charge is 0.490 e. The van der Waals surface area contributed by atoms with E-state index in [1.54, 1.807) is 6.20 Å². The molecule has 1 aliphatic carbocycles. The smallest absolute Gasteiger partial charge is 0.174 e. The molecule has 6 nitrogen and oxygen atoms in total. The molecule has 1 aromatic carbocycles. The third-order valence-corrected chi connectivity index (χ3v) is 7.83. The highest BCUT2D eigenvalue weighted by molar-refractivity contribution is 7.80. The second kappa shape index (κ2) is 9.98. The van der Waals surface area contributed by atoms with Crippen molar-refractivity contribution in [1.82, 2.24) is 19.9 Å². The number of thiocarbonyl (C=S) groups is 1. The van der Waals surface area contributed by atoms with E-state index in [2.05, 4.69) is 76.1 Å². The summed E-state index contributed by atoms with van der Waals surface area (Å²) in [7, 11) is 0. The summed E-state index contributed by atoms with van der Waals surface area (Å²) in [4.78, 5) is 11.3. The van der Waals surface area contributed by atoms with Gasteiger partial charge in [-0.2, -0.15) is 0 Å². The van der Waals surface area contributed by atoms with Crippen LogP contribution in [0.25, 0.3) is 5.69 Å². The monoisotopic (exact) mass is 509 g/mol. The van der Waals surface area contributed by atoms with Crippen LogP contribution in [0.3, 0.4) is 0 Å². The molecule has 0 amide bonds. The van der Waals surface area contributed by atoms with Crippen LogP contribution in [-0.2, 0) is 0 Å². The Bertz CT molecular complexity index is 1380. The average molecular weight is 510 g/mol. The first kappa shape index (κ1) is 23.7. The topological polar surface area (TPSA) is 55.2 Å². The van der Waals surface area contributed by atoms with Gasteiger partial charge in [0.1, 0.15) is 5.75 Å².